The van der Waals surface area contributed by atoms with Gasteiger partial charge < -0.3 is 9.80 Å². The molecule has 0 saturated carbocycles. The van der Waals surface area contributed by atoms with Gasteiger partial charge in [0.2, 0.25) is 5.91 Å². The maximum Gasteiger partial charge on any atom is 0.285 e. The molecule has 2 saturated heterocycles. The van der Waals surface area contributed by atoms with Crippen molar-refractivity contribution in [3.05, 3.63) is 21.6 Å². The van der Waals surface area contributed by atoms with Gasteiger partial charge in [0.25, 0.3) is 5.56 Å². The standard InChI is InChI=1S/C16H24ClN5O2/c1-12-4-2-3-5-22(12)14(23)11-20-6-8-21(9-7-20)13-10-18-19-16(24)15(13)17/h10,12H,2-9,11H2,1H3,(H,19,24). The molecular weight excluding hydrogens is 330 g/mol. The Hall–Kier alpha value is -1.60. The summed E-state index contributed by atoms with van der Waals surface area (Å²) in [5.74, 6) is 0.228. The number of aromatic nitrogens is 2. The third-order valence-electron chi connectivity index (χ3n) is 4.97. The Labute approximate surface area is 146 Å². The van der Waals surface area contributed by atoms with Crippen molar-refractivity contribution >= 4 is 23.2 Å². The molecule has 1 unspecified atom stereocenters. The lowest BCUT2D eigenvalue weighted by atomic mass is 10.0. The molecule has 8 heteroatoms. The second-order valence-corrected chi connectivity index (χ2v) is 6.97. The van der Waals surface area contributed by atoms with E-state index in [0.29, 0.717) is 18.3 Å². The van der Waals surface area contributed by atoms with Crippen molar-refractivity contribution < 1.29 is 4.79 Å². The Morgan fingerprint density at radius 2 is 2.04 bits per heavy atom. The summed E-state index contributed by atoms with van der Waals surface area (Å²) in [6.07, 6.45) is 5.01. The van der Waals surface area contributed by atoms with Crippen LogP contribution in [0.4, 0.5) is 5.69 Å². The number of rotatable bonds is 3. The van der Waals surface area contributed by atoms with Crippen LogP contribution in [0.2, 0.25) is 5.02 Å². The second kappa shape index (κ2) is 7.53. The highest BCUT2D eigenvalue weighted by molar-refractivity contribution is 6.33. The van der Waals surface area contributed by atoms with Gasteiger partial charge in [-0.25, -0.2) is 5.10 Å². The van der Waals surface area contributed by atoms with E-state index in [4.69, 9.17) is 11.6 Å². The molecule has 0 spiro atoms. The average molecular weight is 354 g/mol. The normalized spacial score (nSPS) is 22.7. The Morgan fingerprint density at radius 1 is 1.29 bits per heavy atom. The number of carbonyl (C=O) groups is 1. The number of aromatic amines is 1. The van der Waals surface area contributed by atoms with Gasteiger partial charge in [0.15, 0.2) is 0 Å². The predicted molar refractivity (Wildman–Crippen MR) is 93.5 cm³/mol. The van der Waals surface area contributed by atoms with E-state index in [-0.39, 0.29) is 16.5 Å². The van der Waals surface area contributed by atoms with Gasteiger partial charge in [-0.2, -0.15) is 5.10 Å². The number of piperazine rings is 1. The zero-order valence-corrected chi connectivity index (χ0v) is 14.8. The van der Waals surface area contributed by atoms with Gasteiger partial charge >= 0.3 is 0 Å². The quantitative estimate of drug-likeness (QED) is 0.875. The number of anilines is 1. The fourth-order valence-corrected chi connectivity index (χ4v) is 3.70. The predicted octanol–water partition coefficient (Wildman–Crippen LogP) is 0.946. The summed E-state index contributed by atoms with van der Waals surface area (Å²) in [5.41, 5.74) is 0.293. The van der Waals surface area contributed by atoms with Gasteiger partial charge in [-0.3, -0.25) is 14.5 Å². The molecule has 2 aliphatic heterocycles. The summed E-state index contributed by atoms with van der Waals surface area (Å²) in [5, 5.41) is 6.33. The maximum absolute atomic E-state index is 12.5. The smallest absolute Gasteiger partial charge is 0.285 e. The molecule has 24 heavy (non-hydrogen) atoms. The molecule has 0 aliphatic carbocycles. The number of hydrogen-bond acceptors (Lipinski definition) is 5. The second-order valence-electron chi connectivity index (χ2n) is 6.59. The zero-order chi connectivity index (χ0) is 17.1. The van der Waals surface area contributed by atoms with Crippen molar-refractivity contribution in [1.29, 1.82) is 0 Å². The zero-order valence-electron chi connectivity index (χ0n) is 14.0. The number of hydrogen-bond donors (Lipinski definition) is 1. The molecule has 132 valence electrons. The minimum atomic E-state index is -0.370. The highest BCUT2D eigenvalue weighted by Crippen LogP contribution is 2.22. The molecule has 2 aliphatic rings. The molecule has 1 aromatic heterocycles. The summed E-state index contributed by atoms with van der Waals surface area (Å²) in [6, 6.07) is 0.355. The highest BCUT2D eigenvalue weighted by atomic mass is 35.5. The Morgan fingerprint density at radius 3 is 2.75 bits per heavy atom. The number of piperidine rings is 1. The molecule has 0 bridgehead atoms. The molecule has 3 heterocycles. The van der Waals surface area contributed by atoms with Crippen LogP contribution in [0.25, 0.3) is 0 Å². The monoisotopic (exact) mass is 353 g/mol. The van der Waals surface area contributed by atoms with Gasteiger partial charge in [-0.1, -0.05) is 11.6 Å². The first-order chi connectivity index (χ1) is 11.6. The minimum absolute atomic E-state index is 0.177. The SMILES string of the molecule is CC1CCCCN1C(=O)CN1CCN(c2cn[nH]c(=O)c2Cl)CC1. The van der Waals surface area contributed by atoms with Gasteiger partial charge in [0, 0.05) is 38.8 Å². The van der Waals surface area contributed by atoms with Crippen molar-refractivity contribution in [3.8, 4) is 0 Å². The number of carbonyl (C=O) groups excluding carboxylic acids is 1. The van der Waals surface area contributed by atoms with Crippen molar-refractivity contribution in [1.82, 2.24) is 20.0 Å². The summed E-state index contributed by atoms with van der Waals surface area (Å²) in [7, 11) is 0. The first kappa shape index (κ1) is 17.2. The number of halogens is 1. The van der Waals surface area contributed by atoms with Gasteiger partial charge in [0.05, 0.1) is 18.4 Å². The molecule has 0 radical (unpaired) electrons. The summed E-state index contributed by atoms with van der Waals surface area (Å²) < 4.78 is 0. The largest absolute Gasteiger partial charge is 0.366 e. The molecule has 1 amide bonds. The summed E-state index contributed by atoms with van der Waals surface area (Å²) in [4.78, 5) is 30.3. The van der Waals surface area contributed by atoms with Crippen LogP contribution in [-0.4, -0.2) is 71.2 Å². The van der Waals surface area contributed by atoms with Crippen LogP contribution in [0.15, 0.2) is 11.0 Å². The lowest BCUT2D eigenvalue weighted by Crippen LogP contribution is -2.52. The van der Waals surface area contributed by atoms with Gasteiger partial charge in [0.1, 0.15) is 5.02 Å². The number of amides is 1. The van der Waals surface area contributed by atoms with Crippen LogP contribution in [-0.2, 0) is 4.79 Å². The average Bonchev–Trinajstić information content (AvgIpc) is 2.58. The van der Waals surface area contributed by atoms with Gasteiger partial charge in [-0.05, 0) is 26.2 Å². The fourth-order valence-electron chi connectivity index (χ4n) is 3.49. The van der Waals surface area contributed by atoms with Crippen LogP contribution in [0.1, 0.15) is 26.2 Å². The topological polar surface area (TPSA) is 72.5 Å². The Bertz CT molecular complexity index is 642. The molecule has 1 N–H and O–H groups in total. The molecular formula is C16H24ClN5O2. The van der Waals surface area contributed by atoms with E-state index in [1.165, 1.54) is 6.42 Å². The molecule has 7 nitrogen and oxygen atoms in total. The van der Waals surface area contributed by atoms with Crippen molar-refractivity contribution in [3.63, 3.8) is 0 Å². The lowest BCUT2D eigenvalue weighted by molar-refractivity contribution is -0.135. The van der Waals surface area contributed by atoms with Crippen LogP contribution in [0, 0.1) is 0 Å². The van der Waals surface area contributed by atoms with Crippen LogP contribution in [0.3, 0.4) is 0 Å². The maximum atomic E-state index is 12.5. The number of nitrogens with one attached hydrogen (secondary N) is 1. The number of nitrogens with zero attached hydrogens (tertiary/aromatic N) is 4. The van der Waals surface area contributed by atoms with E-state index >= 15 is 0 Å². The van der Waals surface area contributed by atoms with E-state index in [0.717, 1.165) is 45.6 Å². The first-order valence-corrected chi connectivity index (χ1v) is 8.94. The third kappa shape index (κ3) is 3.72. The van der Waals surface area contributed by atoms with Crippen molar-refractivity contribution in [2.75, 3.05) is 44.2 Å². The summed E-state index contributed by atoms with van der Waals surface area (Å²) in [6.45, 7) is 6.50. The van der Waals surface area contributed by atoms with Crippen LogP contribution < -0.4 is 10.5 Å². The molecule has 1 aromatic rings. The number of H-pyrrole nitrogens is 1. The summed E-state index contributed by atoms with van der Waals surface area (Å²) >= 11 is 6.07. The fraction of sp³-hybridized carbons (Fsp3) is 0.688. The highest BCUT2D eigenvalue weighted by Gasteiger charge is 2.26. The number of likely N-dealkylation sites (tertiary alicyclic amines) is 1. The first-order valence-electron chi connectivity index (χ1n) is 8.56. The third-order valence-corrected chi connectivity index (χ3v) is 5.34. The van der Waals surface area contributed by atoms with Crippen LogP contribution in [0.5, 0.6) is 0 Å². The van der Waals surface area contributed by atoms with E-state index in [1.54, 1.807) is 6.20 Å². The minimum Gasteiger partial charge on any atom is -0.366 e. The van der Waals surface area contributed by atoms with Crippen molar-refractivity contribution in [2.24, 2.45) is 0 Å². The Kier molecular flexibility index (Phi) is 5.40. The van der Waals surface area contributed by atoms with E-state index in [1.807, 2.05) is 4.90 Å². The van der Waals surface area contributed by atoms with Gasteiger partial charge in [-0.15, -0.1) is 0 Å². The lowest BCUT2D eigenvalue weighted by Gasteiger charge is -2.38. The van der Waals surface area contributed by atoms with E-state index in [9.17, 15) is 9.59 Å². The Balaban J connectivity index is 1.54. The van der Waals surface area contributed by atoms with E-state index in [2.05, 4.69) is 26.9 Å². The molecule has 3 rings (SSSR count). The van der Waals surface area contributed by atoms with Crippen molar-refractivity contribution in [2.45, 2.75) is 32.2 Å². The molecule has 2 fully saturated rings. The van der Waals surface area contributed by atoms with E-state index < -0.39 is 0 Å². The molecule has 0 aromatic carbocycles. The van der Waals surface area contributed by atoms with Crippen LogP contribution >= 0.6 is 11.6 Å². The molecule has 1 atom stereocenters.